The molecule has 1 aliphatic rings. The summed E-state index contributed by atoms with van der Waals surface area (Å²) >= 11 is 0. The van der Waals surface area contributed by atoms with Gasteiger partial charge in [-0.1, -0.05) is 35.4 Å². The van der Waals surface area contributed by atoms with Gasteiger partial charge < -0.3 is 14.7 Å². The lowest BCUT2D eigenvalue weighted by Gasteiger charge is -2.36. The van der Waals surface area contributed by atoms with Crippen LogP contribution < -0.4 is 9.64 Å². The highest BCUT2D eigenvalue weighted by atomic mass is 16.5. The molecule has 0 amide bonds. The molecule has 0 fully saturated rings. The highest BCUT2D eigenvalue weighted by molar-refractivity contribution is 5.62. The van der Waals surface area contributed by atoms with Crippen LogP contribution >= 0.6 is 0 Å². The molecule has 0 spiro atoms. The minimum absolute atomic E-state index is 0.0606. The van der Waals surface area contributed by atoms with Crippen molar-refractivity contribution in [1.82, 2.24) is 0 Å². The van der Waals surface area contributed by atoms with Gasteiger partial charge in [0.15, 0.2) is 0 Å². The number of anilines is 1. The monoisotopic (exact) mass is 309 g/mol. The number of phenolic OH excluding ortho intramolecular Hbond substituents is 1. The first-order valence-corrected chi connectivity index (χ1v) is 7.98. The molecule has 2 aromatic carbocycles. The minimum Gasteiger partial charge on any atom is -0.508 e. The second-order valence-corrected chi connectivity index (χ2v) is 6.29. The number of ether oxygens (including phenoxy) is 1. The van der Waals surface area contributed by atoms with Gasteiger partial charge in [-0.15, -0.1) is 6.58 Å². The Balaban J connectivity index is 1.85. The van der Waals surface area contributed by atoms with Crippen LogP contribution in [0, 0.1) is 13.8 Å². The van der Waals surface area contributed by atoms with Crippen molar-refractivity contribution in [3.8, 4) is 11.5 Å². The van der Waals surface area contributed by atoms with Crippen molar-refractivity contribution in [2.45, 2.75) is 26.4 Å². The van der Waals surface area contributed by atoms with Gasteiger partial charge in [-0.25, -0.2) is 0 Å². The second kappa shape index (κ2) is 6.37. The Kier molecular flexibility index (Phi) is 4.28. The van der Waals surface area contributed by atoms with E-state index >= 15 is 0 Å². The largest absolute Gasteiger partial charge is 0.508 e. The van der Waals surface area contributed by atoms with Gasteiger partial charge in [0.1, 0.15) is 17.6 Å². The summed E-state index contributed by atoms with van der Waals surface area (Å²) in [5, 5.41) is 9.73. The highest BCUT2D eigenvalue weighted by Gasteiger charge is 2.25. The molecule has 1 unspecified atom stereocenters. The predicted molar refractivity (Wildman–Crippen MR) is 94.6 cm³/mol. The summed E-state index contributed by atoms with van der Waals surface area (Å²) in [5.41, 5.74) is 4.85. The van der Waals surface area contributed by atoms with Crippen LogP contribution in [0.4, 0.5) is 5.69 Å². The number of hydrogen-bond donors (Lipinski definition) is 1. The normalized spacial score (nSPS) is 16.6. The van der Waals surface area contributed by atoms with Crippen LogP contribution in [0.5, 0.6) is 11.5 Å². The van der Waals surface area contributed by atoms with Crippen molar-refractivity contribution in [2.24, 2.45) is 0 Å². The summed E-state index contributed by atoms with van der Waals surface area (Å²) in [6.07, 6.45) is 2.81. The van der Waals surface area contributed by atoms with Gasteiger partial charge >= 0.3 is 0 Å². The molecule has 2 aromatic rings. The van der Waals surface area contributed by atoms with Crippen molar-refractivity contribution >= 4 is 5.69 Å². The standard InChI is InChI=1S/C20H23NO2/c1-4-7-21-13-18(11-16-9-14(2)8-15(3)10-16)23-20-12-17(22)5-6-19(20)21/h4-6,8-10,12,18,22H,1,7,11,13H2,2-3H3. The Morgan fingerprint density at radius 2 is 1.96 bits per heavy atom. The molecule has 0 saturated carbocycles. The first kappa shape index (κ1) is 15.5. The SMILES string of the molecule is C=CCN1CC(Cc2cc(C)cc(C)c2)Oc2cc(O)ccc21. The minimum atomic E-state index is 0.0606. The first-order chi connectivity index (χ1) is 11.0. The maximum Gasteiger partial charge on any atom is 0.146 e. The molecule has 1 atom stereocenters. The first-order valence-electron chi connectivity index (χ1n) is 7.98. The van der Waals surface area contributed by atoms with Gasteiger partial charge in [0.25, 0.3) is 0 Å². The van der Waals surface area contributed by atoms with E-state index in [1.165, 1.54) is 16.7 Å². The molecule has 3 heteroatoms. The molecule has 0 aromatic heterocycles. The Hall–Kier alpha value is -2.42. The summed E-state index contributed by atoms with van der Waals surface area (Å²) in [7, 11) is 0. The third kappa shape index (κ3) is 3.50. The van der Waals surface area contributed by atoms with Crippen LogP contribution in [0.2, 0.25) is 0 Å². The summed E-state index contributed by atoms with van der Waals surface area (Å²) in [4.78, 5) is 2.25. The Labute approximate surface area is 137 Å². The van der Waals surface area contributed by atoms with Gasteiger partial charge in [0, 0.05) is 19.0 Å². The van der Waals surface area contributed by atoms with Crippen LogP contribution in [-0.4, -0.2) is 24.3 Å². The number of aromatic hydroxyl groups is 1. The van der Waals surface area contributed by atoms with Gasteiger partial charge in [-0.2, -0.15) is 0 Å². The number of phenols is 1. The molecular weight excluding hydrogens is 286 g/mol. The lowest BCUT2D eigenvalue weighted by molar-refractivity contribution is 0.194. The Bertz CT molecular complexity index is 703. The number of nitrogens with zero attached hydrogens (tertiary/aromatic N) is 1. The zero-order chi connectivity index (χ0) is 16.4. The fraction of sp³-hybridized carbons (Fsp3) is 0.300. The molecule has 0 aliphatic carbocycles. The van der Waals surface area contributed by atoms with Crippen molar-refractivity contribution in [3.05, 3.63) is 65.7 Å². The highest BCUT2D eigenvalue weighted by Crippen LogP contribution is 2.36. The average Bonchev–Trinajstić information content (AvgIpc) is 2.45. The van der Waals surface area contributed by atoms with Gasteiger partial charge in [0.05, 0.1) is 12.2 Å². The molecule has 0 radical (unpaired) electrons. The summed E-state index contributed by atoms with van der Waals surface area (Å²) in [5.74, 6) is 0.974. The maximum absolute atomic E-state index is 9.73. The van der Waals surface area contributed by atoms with Crippen LogP contribution in [0.3, 0.4) is 0 Å². The molecule has 0 saturated heterocycles. The molecule has 3 nitrogen and oxygen atoms in total. The maximum atomic E-state index is 9.73. The average molecular weight is 309 g/mol. The summed E-state index contributed by atoms with van der Waals surface area (Å²) < 4.78 is 6.14. The number of rotatable bonds is 4. The van der Waals surface area contributed by atoms with E-state index in [1.807, 2.05) is 12.1 Å². The van der Waals surface area contributed by atoms with E-state index in [0.717, 1.165) is 30.9 Å². The molecule has 1 aliphatic heterocycles. The molecule has 3 rings (SSSR count). The van der Waals surface area contributed by atoms with E-state index in [9.17, 15) is 5.11 Å². The zero-order valence-corrected chi connectivity index (χ0v) is 13.7. The topological polar surface area (TPSA) is 32.7 Å². The molecule has 0 bridgehead atoms. The molecule has 1 heterocycles. The Morgan fingerprint density at radius 1 is 1.22 bits per heavy atom. The van der Waals surface area contributed by atoms with Gasteiger partial charge in [-0.05, 0) is 31.5 Å². The third-order valence-corrected chi connectivity index (χ3v) is 4.10. The van der Waals surface area contributed by atoms with Crippen LogP contribution in [0.1, 0.15) is 16.7 Å². The van der Waals surface area contributed by atoms with E-state index < -0.39 is 0 Å². The van der Waals surface area contributed by atoms with E-state index in [0.29, 0.717) is 0 Å². The fourth-order valence-electron chi connectivity index (χ4n) is 3.30. The van der Waals surface area contributed by atoms with E-state index in [4.69, 9.17) is 4.74 Å². The zero-order valence-electron chi connectivity index (χ0n) is 13.7. The molecule has 1 N–H and O–H groups in total. The number of hydrogen-bond acceptors (Lipinski definition) is 3. The van der Waals surface area contributed by atoms with E-state index in [-0.39, 0.29) is 11.9 Å². The molecule has 23 heavy (non-hydrogen) atoms. The number of aryl methyl sites for hydroxylation is 2. The quantitative estimate of drug-likeness (QED) is 0.866. The molecular formula is C20H23NO2. The predicted octanol–water partition coefficient (Wildman–Crippen LogP) is 4.01. The van der Waals surface area contributed by atoms with Crippen LogP contribution in [0.15, 0.2) is 49.1 Å². The number of benzene rings is 2. The lowest BCUT2D eigenvalue weighted by atomic mass is 10.0. The smallest absolute Gasteiger partial charge is 0.146 e. The van der Waals surface area contributed by atoms with Crippen molar-refractivity contribution in [2.75, 3.05) is 18.0 Å². The van der Waals surface area contributed by atoms with Crippen molar-refractivity contribution < 1.29 is 9.84 Å². The van der Waals surface area contributed by atoms with E-state index in [1.54, 1.807) is 12.1 Å². The summed E-state index contributed by atoms with van der Waals surface area (Å²) in [6, 6.07) is 11.9. The fourth-order valence-corrected chi connectivity index (χ4v) is 3.30. The van der Waals surface area contributed by atoms with E-state index in [2.05, 4.69) is 43.5 Å². The Morgan fingerprint density at radius 3 is 2.65 bits per heavy atom. The second-order valence-electron chi connectivity index (χ2n) is 6.29. The van der Waals surface area contributed by atoms with Crippen molar-refractivity contribution in [3.63, 3.8) is 0 Å². The number of fused-ring (bicyclic) bond motifs is 1. The van der Waals surface area contributed by atoms with Gasteiger partial charge in [-0.3, -0.25) is 0 Å². The molecule has 120 valence electrons. The van der Waals surface area contributed by atoms with Gasteiger partial charge in [0.2, 0.25) is 0 Å². The third-order valence-electron chi connectivity index (χ3n) is 4.10. The lowest BCUT2D eigenvalue weighted by Crippen LogP contribution is -2.41. The van der Waals surface area contributed by atoms with Crippen molar-refractivity contribution in [1.29, 1.82) is 0 Å². The summed E-state index contributed by atoms with van der Waals surface area (Å²) in [6.45, 7) is 9.67. The van der Waals surface area contributed by atoms with Crippen LogP contribution in [-0.2, 0) is 6.42 Å². The van der Waals surface area contributed by atoms with Crippen LogP contribution in [0.25, 0.3) is 0 Å².